The molecule has 1 saturated heterocycles. The van der Waals surface area contributed by atoms with Crippen molar-refractivity contribution < 1.29 is 13.9 Å². The molecule has 138 valence electrons. The third-order valence-electron chi connectivity index (χ3n) is 4.37. The monoisotopic (exact) mass is 359 g/mol. The SMILES string of the molecule is O=C(NCc1ccc(F)cc1)c1ccc(=O)n(CCN2CCOCC2)c1. The van der Waals surface area contributed by atoms with E-state index in [0.717, 1.165) is 25.2 Å². The number of carbonyl (C=O) groups is 1. The number of nitrogens with zero attached hydrogens (tertiary/aromatic N) is 2. The average Bonchev–Trinajstić information content (AvgIpc) is 2.67. The van der Waals surface area contributed by atoms with Gasteiger partial charge in [0, 0.05) is 45.0 Å². The highest BCUT2D eigenvalue weighted by Gasteiger charge is 2.12. The molecule has 0 bridgehead atoms. The van der Waals surface area contributed by atoms with Gasteiger partial charge in [0.05, 0.1) is 18.8 Å². The van der Waals surface area contributed by atoms with E-state index in [9.17, 15) is 14.0 Å². The summed E-state index contributed by atoms with van der Waals surface area (Å²) in [5, 5.41) is 2.78. The number of hydrogen-bond donors (Lipinski definition) is 1. The molecular formula is C19H22FN3O3. The Kier molecular flexibility index (Phi) is 6.14. The molecule has 2 heterocycles. The molecule has 26 heavy (non-hydrogen) atoms. The Bertz CT molecular complexity index is 798. The predicted molar refractivity (Wildman–Crippen MR) is 95.5 cm³/mol. The Morgan fingerprint density at radius 2 is 1.81 bits per heavy atom. The van der Waals surface area contributed by atoms with Gasteiger partial charge in [-0.25, -0.2) is 4.39 Å². The van der Waals surface area contributed by atoms with Crippen LogP contribution in [0, 0.1) is 5.82 Å². The summed E-state index contributed by atoms with van der Waals surface area (Å²) in [6.07, 6.45) is 1.59. The maximum Gasteiger partial charge on any atom is 0.253 e. The van der Waals surface area contributed by atoms with Crippen LogP contribution in [0.4, 0.5) is 4.39 Å². The molecule has 0 unspecified atom stereocenters. The third-order valence-corrected chi connectivity index (χ3v) is 4.37. The van der Waals surface area contributed by atoms with E-state index >= 15 is 0 Å². The van der Waals surface area contributed by atoms with Gasteiger partial charge in [0.2, 0.25) is 0 Å². The molecule has 0 atom stereocenters. The molecule has 7 heteroatoms. The molecule has 1 aliphatic heterocycles. The number of hydrogen-bond acceptors (Lipinski definition) is 4. The number of nitrogens with one attached hydrogen (secondary N) is 1. The molecule has 6 nitrogen and oxygen atoms in total. The second kappa shape index (κ2) is 8.73. The number of ether oxygens (including phenoxy) is 1. The van der Waals surface area contributed by atoms with E-state index in [1.165, 1.54) is 24.3 Å². The minimum atomic E-state index is -0.313. The number of halogens is 1. The smallest absolute Gasteiger partial charge is 0.253 e. The van der Waals surface area contributed by atoms with Crippen molar-refractivity contribution in [3.8, 4) is 0 Å². The second-order valence-corrected chi connectivity index (χ2v) is 6.21. The van der Waals surface area contributed by atoms with Crippen LogP contribution in [0.25, 0.3) is 0 Å². The van der Waals surface area contributed by atoms with Gasteiger partial charge in [-0.3, -0.25) is 14.5 Å². The van der Waals surface area contributed by atoms with Crippen molar-refractivity contribution in [2.75, 3.05) is 32.8 Å². The zero-order valence-electron chi connectivity index (χ0n) is 14.5. The van der Waals surface area contributed by atoms with Crippen molar-refractivity contribution in [1.82, 2.24) is 14.8 Å². The quantitative estimate of drug-likeness (QED) is 0.843. The van der Waals surface area contributed by atoms with Crippen LogP contribution in [-0.4, -0.2) is 48.2 Å². The van der Waals surface area contributed by atoms with Gasteiger partial charge in [0.15, 0.2) is 0 Å². The summed E-state index contributed by atoms with van der Waals surface area (Å²) in [5.41, 5.74) is 1.10. The molecule has 0 aliphatic carbocycles. The number of benzene rings is 1. The van der Waals surface area contributed by atoms with Crippen molar-refractivity contribution in [1.29, 1.82) is 0 Å². The van der Waals surface area contributed by atoms with Crippen molar-refractivity contribution in [2.24, 2.45) is 0 Å². The first-order chi connectivity index (χ1) is 12.6. The Balaban J connectivity index is 1.59. The van der Waals surface area contributed by atoms with Crippen LogP contribution >= 0.6 is 0 Å². The maximum atomic E-state index is 12.9. The van der Waals surface area contributed by atoms with E-state index < -0.39 is 0 Å². The number of amides is 1. The summed E-state index contributed by atoms with van der Waals surface area (Å²) in [7, 11) is 0. The minimum absolute atomic E-state index is 0.131. The summed E-state index contributed by atoms with van der Waals surface area (Å²) in [4.78, 5) is 26.6. The number of carbonyl (C=O) groups excluding carboxylic acids is 1. The molecule has 3 rings (SSSR count). The van der Waals surface area contributed by atoms with Crippen molar-refractivity contribution in [3.05, 3.63) is 69.9 Å². The fourth-order valence-electron chi connectivity index (χ4n) is 2.80. The van der Waals surface area contributed by atoms with Gasteiger partial charge in [0.25, 0.3) is 11.5 Å². The lowest BCUT2D eigenvalue weighted by atomic mass is 10.2. The van der Waals surface area contributed by atoms with Crippen molar-refractivity contribution in [2.45, 2.75) is 13.1 Å². The summed E-state index contributed by atoms with van der Waals surface area (Å²) in [6, 6.07) is 8.89. The number of aromatic nitrogens is 1. The first-order valence-electron chi connectivity index (χ1n) is 8.65. The third kappa shape index (κ3) is 5.00. The van der Waals surface area contributed by atoms with Gasteiger partial charge < -0.3 is 14.6 Å². The summed E-state index contributed by atoms with van der Waals surface area (Å²) < 4.78 is 19.8. The lowest BCUT2D eigenvalue weighted by molar-refractivity contribution is 0.0363. The van der Waals surface area contributed by atoms with Crippen LogP contribution in [0.5, 0.6) is 0 Å². The van der Waals surface area contributed by atoms with Gasteiger partial charge in [-0.05, 0) is 23.8 Å². The standard InChI is InChI=1S/C19H22FN3O3/c20-17-4-1-15(2-5-17)13-21-19(25)16-3-6-18(24)23(14-16)8-7-22-9-11-26-12-10-22/h1-6,14H,7-13H2,(H,21,25). The van der Waals surface area contributed by atoms with E-state index in [4.69, 9.17) is 4.74 Å². The molecular weight excluding hydrogens is 337 g/mol. The first-order valence-corrected chi connectivity index (χ1v) is 8.65. The first kappa shape index (κ1) is 18.3. The van der Waals surface area contributed by atoms with Gasteiger partial charge in [-0.15, -0.1) is 0 Å². The lowest BCUT2D eigenvalue weighted by Crippen LogP contribution is -2.39. The number of pyridine rings is 1. The molecule has 1 N–H and O–H groups in total. The van der Waals surface area contributed by atoms with E-state index in [-0.39, 0.29) is 17.3 Å². The summed E-state index contributed by atoms with van der Waals surface area (Å²) >= 11 is 0. The van der Waals surface area contributed by atoms with Gasteiger partial charge in [0.1, 0.15) is 5.82 Å². The van der Waals surface area contributed by atoms with Crippen LogP contribution < -0.4 is 10.9 Å². The highest BCUT2D eigenvalue weighted by Crippen LogP contribution is 2.04. The molecule has 1 amide bonds. The van der Waals surface area contributed by atoms with Crippen LogP contribution in [-0.2, 0) is 17.8 Å². The average molecular weight is 359 g/mol. The summed E-state index contributed by atoms with van der Waals surface area (Å²) in [6.45, 7) is 4.69. The normalized spacial score (nSPS) is 15.0. The topological polar surface area (TPSA) is 63.6 Å². The number of morpholine rings is 1. The Morgan fingerprint density at radius 1 is 1.08 bits per heavy atom. The second-order valence-electron chi connectivity index (χ2n) is 6.21. The van der Waals surface area contributed by atoms with Crippen molar-refractivity contribution in [3.63, 3.8) is 0 Å². The largest absolute Gasteiger partial charge is 0.379 e. The van der Waals surface area contributed by atoms with Crippen molar-refractivity contribution >= 4 is 5.91 Å². The molecule has 1 fully saturated rings. The Morgan fingerprint density at radius 3 is 2.54 bits per heavy atom. The molecule has 0 radical (unpaired) electrons. The highest BCUT2D eigenvalue weighted by molar-refractivity contribution is 5.93. The van der Waals surface area contributed by atoms with E-state index in [1.807, 2.05) is 0 Å². The molecule has 0 spiro atoms. The Hall–Kier alpha value is -2.51. The van der Waals surface area contributed by atoms with Crippen LogP contribution in [0.1, 0.15) is 15.9 Å². The van der Waals surface area contributed by atoms with E-state index in [1.54, 1.807) is 22.9 Å². The number of rotatable bonds is 6. The molecule has 2 aromatic rings. The van der Waals surface area contributed by atoms with E-state index in [0.29, 0.717) is 31.9 Å². The minimum Gasteiger partial charge on any atom is -0.379 e. The molecule has 1 aromatic carbocycles. The highest BCUT2D eigenvalue weighted by atomic mass is 19.1. The van der Waals surface area contributed by atoms with Gasteiger partial charge in [-0.2, -0.15) is 0 Å². The maximum absolute atomic E-state index is 12.9. The van der Waals surface area contributed by atoms with E-state index in [2.05, 4.69) is 10.2 Å². The fourth-order valence-corrected chi connectivity index (χ4v) is 2.80. The zero-order chi connectivity index (χ0) is 18.4. The fraction of sp³-hybridized carbons (Fsp3) is 0.368. The van der Waals surface area contributed by atoms with Gasteiger partial charge in [-0.1, -0.05) is 12.1 Å². The Labute approximate surface area is 151 Å². The van der Waals surface area contributed by atoms with Gasteiger partial charge >= 0.3 is 0 Å². The van der Waals surface area contributed by atoms with Crippen LogP contribution in [0.3, 0.4) is 0 Å². The molecule has 0 saturated carbocycles. The summed E-state index contributed by atoms with van der Waals surface area (Å²) in [5.74, 6) is -0.582. The zero-order valence-corrected chi connectivity index (χ0v) is 14.5. The van der Waals surface area contributed by atoms with Crippen LogP contribution in [0.2, 0.25) is 0 Å². The van der Waals surface area contributed by atoms with Crippen LogP contribution in [0.15, 0.2) is 47.4 Å². The lowest BCUT2D eigenvalue weighted by Gasteiger charge is -2.26. The molecule has 1 aromatic heterocycles. The predicted octanol–water partition coefficient (Wildman–Crippen LogP) is 1.25. The molecule has 1 aliphatic rings.